The van der Waals surface area contributed by atoms with Gasteiger partial charge in [0, 0.05) is 64.1 Å². The predicted molar refractivity (Wildman–Crippen MR) is 287 cm³/mol. The Morgan fingerprint density at radius 3 is 1.55 bits per heavy atom. The van der Waals surface area contributed by atoms with Crippen molar-refractivity contribution in [3.8, 4) is 73.2 Å². The normalized spacial score (nSPS) is 11.8. The van der Waals surface area contributed by atoms with E-state index in [2.05, 4.69) is 162 Å². The third kappa shape index (κ3) is 6.56. The first-order valence-electron chi connectivity index (χ1n) is 23.2. The Balaban J connectivity index is 0.896. The van der Waals surface area contributed by atoms with Crippen molar-refractivity contribution < 1.29 is 4.42 Å². The average molecular weight is 899 g/mol. The van der Waals surface area contributed by atoms with Gasteiger partial charge in [0.2, 0.25) is 0 Å². The van der Waals surface area contributed by atoms with E-state index in [-0.39, 0.29) is 0 Å². The summed E-state index contributed by atoms with van der Waals surface area (Å²) in [5, 5.41) is 6.99. The summed E-state index contributed by atoms with van der Waals surface area (Å²) in [7, 11) is 0. The van der Waals surface area contributed by atoms with Crippen molar-refractivity contribution >= 4 is 75.3 Å². The number of para-hydroxylation sites is 1. The molecule has 0 amide bonds. The maximum absolute atomic E-state index is 6.56. The molecule has 0 atom stereocenters. The van der Waals surface area contributed by atoms with Crippen molar-refractivity contribution in [2.24, 2.45) is 0 Å². The molecule has 0 radical (unpaired) electrons. The summed E-state index contributed by atoms with van der Waals surface area (Å²) >= 11 is 1.87. The van der Waals surface area contributed by atoms with Gasteiger partial charge in [-0.25, -0.2) is 15.0 Å². The highest BCUT2D eigenvalue weighted by molar-refractivity contribution is 7.26. The Kier molecular flexibility index (Phi) is 9.00. The number of hydrogen-bond acceptors (Lipinski definition) is 5. The first kappa shape index (κ1) is 39.2. The lowest BCUT2D eigenvalue weighted by Crippen LogP contribution is -2.00. The van der Waals surface area contributed by atoms with Gasteiger partial charge in [0.05, 0.1) is 11.0 Å². The quantitative estimate of drug-likeness (QED) is 0.160. The van der Waals surface area contributed by atoms with E-state index in [0.29, 0.717) is 17.5 Å². The van der Waals surface area contributed by atoms with Gasteiger partial charge in [-0.1, -0.05) is 170 Å². The van der Waals surface area contributed by atoms with Crippen molar-refractivity contribution in [1.29, 1.82) is 0 Å². The van der Waals surface area contributed by atoms with Gasteiger partial charge in [-0.2, -0.15) is 0 Å². The summed E-state index contributed by atoms with van der Waals surface area (Å²) in [5.41, 5.74) is 14.8. The van der Waals surface area contributed by atoms with Crippen molar-refractivity contribution in [2.45, 2.75) is 0 Å². The predicted octanol–water partition coefficient (Wildman–Crippen LogP) is 17.2. The molecule has 14 rings (SSSR count). The molecule has 4 aromatic heterocycles. The monoisotopic (exact) mass is 898 g/mol. The SMILES string of the molecule is c1ccc(-c2nc(-c3ccccc3)nc(-c3cccc4oc5ccc(-c6ccc7c(c6)c6cc(-c8ccc(-c9cccc%10c9sc9ccccc9%10)cc8)ccc6n7-c6ccccc6)cc5c34)n2)cc1. The van der Waals surface area contributed by atoms with Gasteiger partial charge < -0.3 is 8.98 Å². The van der Waals surface area contributed by atoms with E-state index < -0.39 is 0 Å². The molecule has 322 valence electrons. The van der Waals surface area contributed by atoms with Gasteiger partial charge in [0.25, 0.3) is 0 Å². The van der Waals surface area contributed by atoms with E-state index >= 15 is 0 Å². The minimum Gasteiger partial charge on any atom is -0.456 e. The molecule has 0 fully saturated rings. The summed E-state index contributed by atoms with van der Waals surface area (Å²) in [5.74, 6) is 1.83. The second-order valence-corrected chi connectivity index (χ2v) is 18.6. The fourth-order valence-corrected chi connectivity index (χ4v) is 11.4. The second-order valence-electron chi connectivity index (χ2n) is 17.5. The van der Waals surface area contributed by atoms with E-state index in [4.69, 9.17) is 19.4 Å². The number of rotatable bonds is 7. The Hall–Kier alpha value is -8.97. The number of hydrogen-bond donors (Lipinski definition) is 0. The van der Waals surface area contributed by atoms with E-state index in [1.165, 1.54) is 53.2 Å². The second kappa shape index (κ2) is 15.8. The van der Waals surface area contributed by atoms with Gasteiger partial charge >= 0.3 is 0 Å². The summed E-state index contributed by atoms with van der Waals surface area (Å²) in [6.07, 6.45) is 0. The first-order valence-corrected chi connectivity index (χ1v) is 24.0. The highest BCUT2D eigenvalue weighted by atomic mass is 32.1. The Morgan fingerprint density at radius 2 is 0.855 bits per heavy atom. The molecule has 5 nitrogen and oxygen atoms in total. The highest BCUT2D eigenvalue weighted by Crippen LogP contribution is 2.43. The van der Waals surface area contributed by atoms with Crippen LogP contribution in [0.15, 0.2) is 235 Å². The highest BCUT2D eigenvalue weighted by Gasteiger charge is 2.20. The molecule has 4 heterocycles. The van der Waals surface area contributed by atoms with Gasteiger partial charge in [-0.3, -0.25) is 0 Å². The van der Waals surface area contributed by atoms with Gasteiger partial charge in [-0.05, 0) is 94.0 Å². The minimum absolute atomic E-state index is 0.593. The fourth-order valence-electron chi connectivity index (χ4n) is 10.2. The van der Waals surface area contributed by atoms with Gasteiger partial charge in [0.15, 0.2) is 17.5 Å². The average Bonchev–Trinajstić information content (AvgIpc) is 4.10. The zero-order valence-electron chi connectivity index (χ0n) is 37.0. The molecular weight excluding hydrogens is 861 g/mol. The molecule has 0 spiro atoms. The third-order valence-electron chi connectivity index (χ3n) is 13.5. The standard InChI is InChI=1S/C63H38N4OS/c1-4-14-41(15-5-1)61-64-62(42-16-6-2-7-17-42)66-63(65-61)50-23-13-24-57-59(50)53-38-45(32-35-56(53)68-57)44-31-34-55-52(37-44)51-36-43(30-33-54(51)67(55)46-18-8-3-9-19-46)39-26-28-40(29-27-39)47-21-12-22-49-48-20-10-11-25-58(48)69-60(47)49/h1-38H. The summed E-state index contributed by atoms with van der Waals surface area (Å²) < 4.78 is 11.6. The van der Waals surface area contributed by atoms with Crippen LogP contribution in [0.2, 0.25) is 0 Å². The van der Waals surface area contributed by atoms with Crippen molar-refractivity contribution in [3.63, 3.8) is 0 Å². The number of furan rings is 1. The Labute approximate surface area is 400 Å². The van der Waals surface area contributed by atoms with E-state index in [1.807, 2.05) is 84.1 Å². The summed E-state index contributed by atoms with van der Waals surface area (Å²) in [4.78, 5) is 15.2. The zero-order valence-corrected chi connectivity index (χ0v) is 37.9. The number of thiophene rings is 1. The number of nitrogens with zero attached hydrogens (tertiary/aromatic N) is 4. The summed E-state index contributed by atoms with van der Waals surface area (Å²) in [6.45, 7) is 0. The lowest BCUT2D eigenvalue weighted by molar-refractivity contribution is 0.669. The molecule has 69 heavy (non-hydrogen) atoms. The Morgan fingerprint density at radius 1 is 0.333 bits per heavy atom. The van der Waals surface area contributed by atoms with Crippen LogP contribution in [-0.4, -0.2) is 19.5 Å². The topological polar surface area (TPSA) is 56.7 Å². The zero-order chi connectivity index (χ0) is 45.4. The molecule has 0 aliphatic heterocycles. The molecule has 14 aromatic rings. The molecular formula is C63H38N4OS. The van der Waals surface area contributed by atoms with E-state index in [9.17, 15) is 0 Å². The molecule has 0 bridgehead atoms. The Bertz CT molecular complexity index is 4230. The van der Waals surface area contributed by atoms with Crippen LogP contribution in [0.25, 0.3) is 137 Å². The molecule has 0 saturated carbocycles. The van der Waals surface area contributed by atoms with Crippen molar-refractivity contribution in [2.75, 3.05) is 0 Å². The van der Waals surface area contributed by atoms with Crippen LogP contribution >= 0.6 is 11.3 Å². The molecule has 0 N–H and O–H groups in total. The van der Waals surface area contributed by atoms with Crippen LogP contribution in [0.1, 0.15) is 0 Å². The molecule has 10 aromatic carbocycles. The summed E-state index contributed by atoms with van der Waals surface area (Å²) in [6, 6.07) is 81.7. The van der Waals surface area contributed by atoms with E-state index in [1.54, 1.807) is 0 Å². The fraction of sp³-hybridized carbons (Fsp3) is 0. The van der Waals surface area contributed by atoms with Gasteiger partial charge in [-0.15, -0.1) is 11.3 Å². The third-order valence-corrected chi connectivity index (χ3v) is 14.7. The largest absolute Gasteiger partial charge is 0.456 e. The lowest BCUT2D eigenvalue weighted by Gasteiger charge is -2.09. The van der Waals surface area contributed by atoms with Crippen LogP contribution in [0.4, 0.5) is 0 Å². The maximum atomic E-state index is 6.56. The molecule has 0 aliphatic carbocycles. The van der Waals surface area contributed by atoms with Crippen LogP contribution in [0, 0.1) is 0 Å². The molecule has 0 saturated heterocycles. The molecule has 0 unspecified atom stereocenters. The molecule has 0 aliphatic rings. The maximum Gasteiger partial charge on any atom is 0.164 e. The first-order chi connectivity index (χ1) is 34.2. The number of benzene rings is 10. The van der Waals surface area contributed by atoms with Gasteiger partial charge in [0.1, 0.15) is 11.2 Å². The smallest absolute Gasteiger partial charge is 0.164 e. The number of fused-ring (bicyclic) bond motifs is 9. The number of aromatic nitrogens is 4. The molecule has 6 heteroatoms. The van der Waals surface area contributed by atoms with Crippen molar-refractivity contribution in [1.82, 2.24) is 19.5 Å². The van der Waals surface area contributed by atoms with Crippen molar-refractivity contribution in [3.05, 3.63) is 231 Å². The van der Waals surface area contributed by atoms with Crippen LogP contribution < -0.4 is 0 Å². The van der Waals surface area contributed by atoms with Crippen LogP contribution in [0.5, 0.6) is 0 Å². The van der Waals surface area contributed by atoms with Crippen LogP contribution in [-0.2, 0) is 0 Å². The van der Waals surface area contributed by atoms with E-state index in [0.717, 1.165) is 66.5 Å². The minimum atomic E-state index is 0.593. The van der Waals surface area contributed by atoms with Crippen LogP contribution in [0.3, 0.4) is 0 Å². The lowest BCUT2D eigenvalue weighted by atomic mass is 9.97.